The van der Waals surface area contributed by atoms with Crippen LogP contribution in [0.4, 0.5) is 4.39 Å². The Kier molecular flexibility index (Phi) is 8.95. The van der Waals surface area contributed by atoms with E-state index in [1.54, 1.807) is 37.4 Å². The Hall–Kier alpha value is -1.22. The summed E-state index contributed by atoms with van der Waals surface area (Å²) in [4.78, 5) is 8.89. The average molecular weight is 490 g/mol. The molecular formula is C19H28FIN4S. The quantitative estimate of drug-likeness (QED) is 0.371. The van der Waals surface area contributed by atoms with Gasteiger partial charge in [-0.3, -0.25) is 4.99 Å². The monoisotopic (exact) mass is 490 g/mol. The van der Waals surface area contributed by atoms with Gasteiger partial charge in [0.15, 0.2) is 5.96 Å². The van der Waals surface area contributed by atoms with Crippen molar-refractivity contribution in [3.63, 3.8) is 0 Å². The number of hydrogen-bond donors (Lipinski definition) is 2. The first-order valence-corrected chi connectivity index (χ1v) is 9.32. The fourth-order valence-electron chi connectivity index (χ4n) is 2.21. The van der Waals surface area contributed by atoms with Crippen LogP contribution in [0.3, 0.4) is 0 Å². The Bertz CT molecular complexity index is 737. The third kappa shape index (κ3) is 6.83. The lowest BCUT2D eigenvalue weighted by Crippen LogP contribution is -2.37. The summed E-state index contributed by atoms with van der Waals surface area (Å²) in [7, 11) is 1.73. The van der Waals surface area contributed by atoms with Crippen LogP contribution in [0.5, 0.6) is 0 Å². The van der Waals surface area contributed by atoms with E-state index in [4.69, 9.17) is 4.98 Å². The van der Waals surface area contributed by atoms with Crippen molar-refractivity contribution < 1.29 is 4.39 Å². The summed E-state index contributed by atoms with van der Waals surface area (Å²) in [6, 6.07) is 5.26. The zero-order chi connectivity index (χ0) is 18.4. The number of aryl methyl sites for hydroxylation is 1. The van der Waals surface area contributed by atoms with Gasteiger partial charge in [0.1, 0.15) is 5.82 Å². The summed E-state index contributed by atoms with van der Waals surface area (Å²) >= 11 is 1.70. The number of benzene rings is 1. The van der Waals surface area contributed by atoms with Crippen molar-refractivity contribution in [2.45, 2.75) is 46.1 Å². The highest BCUT2D eigenvalue weighted by molar-refractivity contribution is 14.0. The van der Waals surface area contributed by atoms with Crippen LogP contribution in [-0.2, 0) is 18.4 Å². The zero-order valence-electron chi connectivity index (χ0n) is 16.0. The molecule has 0 spiro atoms. The highest BCUT2D eigenvalue weighted by Crippen LogP contribution is 2.23. The van der Waals surface area contributed by atoms with Gasteiger partial charge in [0.2, 0.25) is 0 Å². The SMILES string of the molecule is CN=C(NCCc1nc(C(C)(C)C)cs1)NCc1ccc(C)c(F)c1.I. The van der Waals surface area contributed by atoms with Gasteiger partial charge in [-0.15, -0.1) is 35.3 Å². The number of nitrogens with zero attached hydrogens (tertiary/aromatic N) is 2. The molecule has 26 heavy (non-hydrogen) atoms. The summed E-state index contributed by atoms with van der Waals surface area (Å²) in [6.07, 6.45) is 0.848. The molecule has 0 bridgehead atoms. The molecule has 0 aliphatic heterocycles. The number of nitrogens with one attached hydrogen (secondary N) is 2. The second kappa shape index (κ2) is 10.2. The largest absolute Gasteiger partial charge is 0.356 e. The van der Waals surface area contributed by atoms with Crippen LogP contribution in [-0.4, -0.2) is 24.5 Å². The fourth-order valence-corrected chi connectivity index (χ4v) is 3.24. The van der Waals surface area contributed by atoms with Gasteiger partial charge in [-0.05, 0) is 24.1 Å². The van der Waals surface area contributed by atoms with Crippen molar-refractivity contribution in [2.75, 3.05) is 13.6 Å². The maximum atomic E-state index is 13.6. The summed E-state index contributed by atoms with van der Waals surface area (Å²) in [5.41, 5.74) is 2.77. The second-order valence-corrected chi connectivity index (χ2v) is 8.01. The molecule has 7 heteroatoms. The van der Waals surface area contributed by atoms with Gasteiger partial charge in [-0.25, -0.2) is 9.37 Å². The molecule has 1 aromatic carbocycles. The fraction of sp³-hybridized carbons (Fsp3) is 0.474. The normalized spacial score (nSPS) is 11.8. The van der Waals surface area contributed by atoms with E-state index in [-0.39, 0.29) is 35.2 Å². The molecule has 0 amide bonds. The topological polar surface area (TPSA) is 49.3 Å². The van der Waals surface area contributed by atoms with E-state index in [0.29, 0.717) is 18.1 Å². The molecule has 144 valence electrons. The van der Waals surface area contributed by atoms with E-state index < -0.39 is 0 Å². The van der Waals surface area contributed by atoms with Crippen molar-refractivity contribution >= 4 is 41.3 Å². The molecule has 2 rings (SSSR count). The predicted molar refractivity (Wildman–Crippen MR) is 119 cm³/mol. The van der Waals surface area contributed by atoms with Crippen molar-refractivity contribution in [3.05, 3.63) is 51.2 Å². The molecule has 1 aromatic heterocycles. The van der Waals surface area contributed by atoms with E-state index >= 15 is 0 Å². The van der Waals surface area contributed by atoms with Gasteiger partial charge in [0, 0.05) is 37.4 Å². The minimum Gasteiger partial charge on any atom is -0.356 e. The Morgan fingerprint density at radius 3 is 2.58 bits per heavy atom. The molecule has 1 heterocycles. The van der Waals surface area contributed by atoms with Crippen LogP contribution in [0, 0.1) is 12.7 Å². The highest BCUT2D eigenvalue weighted by Gasteiger charge is 2.17. The zero-order valence-corrected chi connectivity index (χ0v) is 19.2. The third-order valence-electron chi connectivity index (χ3n) is 3.87. The summed E-state index contributed by atoms with van der Waals surface area (Å²) in [5.74, 6) is 0.522. The van der Waals surface area contributed by atoms with E-state index in [1.165, 1.54) is 0 Å². The number of aromatic nitrogens is 1. The van der Waals surface area contributed by atoms with Crippen LogP contribution in [0.15, 0.2) is 28.6 Å². The van der Waals surface area contributed by atoms with Gasteiger partial charge in [-0.1, -0.05) is 32.9 Å². The molecule has 2 aromatic rings. The maximum absolute atomic E-state index is 13.6. The number of hydrogen-bond acceptors (Lipinski definition) is 3. The summed E-state index contributed by atoms with van der Waals surface area (Å²) < 4.78 is 13.6. The molecule has 0 saturated carbocycles. The van der Waals surface area contributed by atoms with Gasteiger partial charge < -0.3 is 10.6 Å². The number of halogens is 2. The van der Waals surface area contributed by atoms with Crippen LogP contribution in [0.1, 0.15) is 42.6 Å². The predicted octanol–water partition coefficient (Wildman–Crippen LogP) is 4.41. The molecule has 0 aliphatic rings. The van der Waals surface area contributed by atoms with Gasteiger partial charge in [0.25, 0.3) is 0 Å². The van der Waals surface area contributed by atoms with Crippen LogP contribution in [0.25, 0.3) is 0 Å². The standard InChI is InChI=1S/C19H27FN4S.HI/c1-13-6-7-14(10-15(13)20)11-23-18(21-5)22-9-8-17-24-16(12-25-17)19(2,3)4;/h6-7,10,12H,8-9,11H2,1-5H3,(H2,21,22,23);1H. The van der Waals surface area contributed by atoms with E-state index in [1.807, 2.05) is 6.07 Å². The van der Waals surface area contributed by atoms with Crippen LogP contribution < -0.4 is 10.6 Å². The molecule has 4 nitrogen and oxygen atoms in total. The molecule has 0 radical (unpaired) electrons. The van der Waals surface area contributed by atoms with Crippen molar-refractivity contribution in [3.8, 4) is 0 Å². The summed E-state index contributed by atoms with van der Waals surface area (Å²) in [5, 5.41) is 9.73. The van der Waals surface area contributed by atoms with Gasteiger partial charge in [0.05, 0.1) is 10.7 Å². The molecular weight excluding hydrogens is 462 g/mol. The number of guanidine groups is 1. The van der Waals surface area contributed by atoms with Crippen molar-refractivity contribution in [2.24, 2.45) is 4.99 Å². The molecule has 0 fully saturated rings. The third-order valence-corrected chi connectivity index (χ3v) is 4.78. The lowest BCUT2D eigenvalue weighted by atomic mass is 9.93. The maximum Gasteiger partial charge on any atom is 0.191 e. The minimum absolute atomic E-state index is 0. The smallest absolute Gasteiger partial charge is 0.191 e. The number of thiazole rings is 1. The van der Waals surface area contributed by atoms with Crippen molar-refractivity contribution in [1.82, 2.24) is 15.6 Å². The van der Waals surface area contributed by atoms with Crippen molar-refractivity contribution in [1.29, 1.82) is 0 Å². The first-order valence-electron chi connectivity index (χ1n) is 8.44. The first-order chi connectivity index (χ1) is 11.8. The van der Waals surface area contributed by atoms with Crippen LogP contribution >= 0.6 is 35.3 Å². The Balaban J connectivity index is 0.00000338. The molecule has 0 unspecified atom stereocenters. The molecule has 0 aliphatic carbocycles. The highest BCUT2D eigenvalue weighted by atomic mass is 127. The average Bonchev–Trinajstić information content (AvgIpc) is 3.03. The number of rotatable bonds is 5. The molecule has 2 N–H and O–H groups in total. The number of aliphatic imine (C=N–C) groups is 1. The second-order valence-electron chi connectivity index (χ2n) is 7.06. The summed E-state index contributed by atoms with van der Waals surface area (Å²) in [6.45, 7) is 9.55. The Labute approximate surface area is 176 Å². The lowest BCUT2D eigenvalue weighted by molar-refractivity contribution is 0.570. The van der Waals surface area contributed by atoms with Gasteiger partial charge >= 0.3 is 0 Å². The lowest BCUT2D eigenvalue weighted by Gasteiger charge is -2.14. The van der Waals surface area contributed by atoms with E-state index in [9.17, 15) is 4.39 Å². The van der Waals surface area contributed by atoms with Crippen LogP contribution in [0.2, 0.25) is 0 Å². The van der Waals surface area contributed by atoms with E-state index in [2.05, 4.69) is 41.8 Å². The molecule has 0 saturated heterocycles. The Morgan fingerprint density at radius 2 is 2.00 bits per heavy atom. The minimum atomic E-state index is -0.180. The van der Waals surface area contributed by atoms with E-state index in [0.717, 1.165) is 29.2 Å². The Morgan fingerprint density at radius 1 is 1.27 bits per heavy atom. The molecule has 0 atom stereocenters. The van der Waals surface area contributed by atoms with Gasteiger partial charge in [-0.2, -0.15) is 0 Å². The first kappa shape index (κ1) is 22.8.